The van der Waals surface area contributed by atoms with Gasteiger partial charge in [0, 0.05) is 6.54 Å². The fourth-order valence-electron chi connectivity index (χ4n) is 4.50. The topological polar surface area (TPSA) is 48.0 Å². The zero-order valence-electron chi connectivity index (χ0n) is 15.2. The molecule has 5 nitrogen and oxygen atoms in total. The molecular formula is C18H22Cl3NO4. The molecule has 144 valence electrons. The highest BCUT2D eigenvalue weighted by molar-refractivity contribution is 6.68. The number of alkyl halides is 3. The fraction of sp³-hybridized carbons (Fsp3) is 0.611. The van der Waals surface area contributed by atoms with Crippen LogP contribution in [0.3, 0.4) is 0 Å². The van der Waals surface area contributed by atoms with E-state index in [1.54, 1.807) is 19.1 Å². The molecule has 3 rings (SSSR count). The normalized spacial score (nSPS) is 24.0. The number of fused-ring (bicyclic) bond motifs is 3. The summed E-state index contributed by atoms with van der Waals surface area (Å²) < 4.78 is 15.0. The second-order valence-electron chi connectivity index (χ2n) is 6.54. The van der Waals surface area contributed by atoms with E-state index in [2.05, 4.69) is 0 Å². The van der Waals surface area contributed by atoms with Crippen LogP contribution in [0.5, 0.6) is 11.5 Å². The summed E-state index contributed by atoms with van der Waals surface area (Å²) >= 11 is 19.8. The SMILES string of the molecule is CCC1(CC)OC(=O)N2CCc3cc(OC)c(OC)cc3C21C(Cl)(Cl)Cl. The van der Waals surface area contributed by atoms with Gasteiger partial charge in [-0.3, -0.25) is 4.90 Å². The van der Waals surface area contributed by atoms with Gasteiger partial charge in [-0.15, -0.1) is 0 Å². The molecule has 1 unspecified atom stereocenters. The van der Waals surface area contributed by atoms with Crippen LogP contribution in [0.2, 0.25) is 0 Å². The summed E-state index contributed by atoms with van der Waals surface area (Å²) in [6.07, 6.45) is 1.16. The Morgan fingerprint density at radius 1 is 1.15 bits per heavy atom. The quantitative estimate of drug-likeness (QED) is 0.652. The minimum Gasteiger partial charge on any atom is -0.493 e. The Labute approximate surface area is 168 Å². The van der Waals surface area contributed by atoms with Crippen LogP contribution < -0.4 is 9.47 Å². The zero-order valence-corrected chi connectivity index (χ0v) is 17.5. The zero-order chi connectivity index (χ0) is 19.3. The van der Waals surface area contributed by atoms with Crippen molar-refractivity contribution >= 4 is 40.9 Å². The second-order valence-corrected chi connectivity index (χ2v) is 8.82. The van der Waals surface area contributed by atoms with E-state index >= 15 is 0 Å². The van der Waals surface area contributed by atoms with Gasteiger partial charge in [-0.2, -0.15) is 0 Å². The molecule has 1 aromatic carbocycles. The Morgan fingerprint density at radius 2 is 1.73 bits per heavy atom. The van der Waals surface area contributed by atoms with Crippen molar-refractivity contribution in [3.8, 4) is 11.5 Å². The average Bonchev–Trinajstić information content (AvgIpc) is 2.90. The second kappa shape index (κ2) is 6.54. The number of hydrogen-bond acceptors (Lipinski definition) is 4. The van der Waals surface area contributed by atoms with Crippen molar-refractivity contribution in [2.45, 2.75) is 48.0 Å². The number of hydrogen-bond donors (Lipinski definition) is 0. The van der Waals surface area contributed by atoms with Gasteiger partial charge in [0.05, 0.1) is 14.2 Å². The van der Waals surface area contributed by atoms with Gasteiger partial charge in [0.1, 0.15) is 5.60 Å². The van der Waals surface area contributed by atoms with E-state index in [0.29, 0.717) is 37.3 Å². The Bertz CT molecular complexity index is 730. The number of halogens is 3. The maximum atomic E-state index is 12.8. The maximum absolute atomic E-state index is 12.8. The minimum absolute atomic E-state index is 0.400. The summed E-state index contributed by atoms with van der Waals surface area (Å²) in [6, 6.07) is 3.70. The molecule has 0 radical (unpaired) electrons. The first-order chi connectivity index (χ1) is 12.2. The molecule has 2 aliphatic rings. The molecule has 1 amide bonds. The molecule has 1 saturated heterocycles. The summed E-state index contributed by atoms with van der Waals surface area (Å²) in [7, 11) is 3.13. The summed E-state index contributed by atoms with van der Waals surface area (Å²) in [6.45, 7) is 4.28. The van der Waals surface area contributed by atoms with Crippen LogP contribution >= 0.6 is 34.8 Å². The van der Waals surface area contributed by atoms with E-state index in [4.69, 9.17) is 49.0 Å². The Morgan fingerprint density at radius 3 is 2.23 bits per heavy atom. The van der Waals surface area contributed by atoms with Gasteiger partial charge in [-0.05, 0) is 42.5 Å². The first kappa shape index (κ1) is 19.7. The van der Waals surface area contributed by atoms with Crippen LogP contribution in [0.1, 0.15) is 37.8 Å². The standard InChI is InChI=1S/C18H22Cl3NO4/c1-5-16(6-2)17(18(19,20)21)12-10-14(25-4)13(24-3)9-11(12)7-8-22(17)15(23)26-16/h9-10H,5-8H2,1-4H3. The van der Waals surface area contributed by atoms with Crippen molar-refractivity contribution in [3.05, 3.63) is 23.3 Å². The molecule has 1 aromatic rings. The van der Waals surface area contributed by atoms with Crippen molar-refractivity contribution in [1.82, 2.24) is 4.90 Å². The van der Waals surface area contributed by atoms with E-state index in [-0.39, 0.29) is 0 Å². The number of nitrogens with zero attached hydrogens (tertiary/aromatic N) is 1. The first-order valence-electron chi connectivity index (χ1n) is 8.55. The summed E-state index contributed by atoms with van der Waals surface area (Å²) in [4.78, 5) is 14.3. The van der Waals surface area contributed by atoms with Crippen LogP contribution in [0.25, 0.3) is 0 Å². The highest BCUT2D eigenvalue weighted by atomic mass is 35.6. The largest absolute Gasteiger partial charge is 0.493 e. The molecule has 0 N–H and O–H groups in total. The van der Waals surface area contributed by atoms with Crippen LogP contribution in [0.15, 0.2) is 12.1 Å². The van der Waals surface area contributed by atoms with E-state index in [1.807, 2.05) is 26.0 Å². The van der Waals surface area contributed by atoms with E-state index in [9.17, 15) is 4.79 Å². The lowest BCUT2D eigenvalue weighted by Crippen LogP contribution is -2.65. The van der Waals surface area contributed by atoms with Gasteiger partial charge in [-0.25, -0.2) is 4.79 Å². The van der Waals surface area contributed by atoms with Gasteiger partial charge in [0.15, 0.2) is 17.0 Å². The maximum Gasteiger partial charge on any atom is 0.411 e. The van der Waals surface area contributed by atoms with Crippen LogP contribution in [0, 0.1) is 0 Å². The van der Waals surface area contributed by atoms with Gasteiger partial charge in [0.25, 0.3) is 0 Å². The summed E-state index contributed by atoms with van der Waals surface area (Å²) in [5, 5.41) is 0. The number of benzene rings is 1. The van der Waals surface area contributed by atoms with Gasteiger partial charge < -0.3 is 14.2 Å². The monoisotopic (exact) mass is 421 g/mol. The van der Waals surface area contributed by atoms with Gasteiger partial charge >= 0.3 is 6.09 Å². The average molecular weight is 423 g/mol. The van der Waals surface area contributed by atoms with Crippen molar-refractivity contribution in [3.63, 3.8) is 0 Å². The van der Waals surface area contributed by atoms with Crippen LogP contribution in [-0.2, 0) is 16.7 Å². The van der Waals surface area contributed by atoms with Crippen LogP contribution in [0.4, 0.5) is 4.79 Å². The molecule has 0 aromatic heterocycles. The first-order valence-corrected chi connectivity index (χ1v) is 9.68. The number of carbonyl (C=O) groups excluding carboxylic acids is 1. The molecule has 2 aliphatic heterocycles. The summed E-state index contributed by atoms with van der Waals surface area (Å²) in [5.41, 5.74) is -0.534. The van der Waals surface area contributed by atoms with E-state index < -0.39 is 21.0 Å². The van der Waals surface area contributed by atoms with Crippen molar-refractivity contribution < 1.29 is 19.0 Å². The molecule has 1 fully saturated rings. The molecule has 26 heavy (non-hydrogen) atoms. The molecule has 8 heteroatoms. The fourth-order valence-corrected chi connectivity index (χ4v) is 5.62. The van der Waals surface area contributed by atoms with E-state index in [0.717, 1.165) is 11.1 Å². The van der Waals surface area contributed by atoms with Crippen molar-refractivity contribution in [2.75, 3.05) is 20.8 Å². The number of ether oxygens (including phenoxy) is 3. The highest BCUT2D eigenvalue weighted by Crippen LogP contribution is 2.64. The molecule has 0 spiro atoms. The Kier molecular flexibility index (Phi) is 4.96. The lowest BCUT2D eigenvalue weighted by Gasteiger charge is -2.52. The third kappa shape index (κ3) is 2.33. The van der Waals surface area contributed by atoms with Crippen molar-refractivity contribution in [1.29, 1.82) is 0 Å². The lowest BCUT2D eigenvalue weighted by molar-refractivity contribution is -0.0293. The molecular weight excluding hydrogens is 401 g/mol. The Balaban J connectivity index is 2.41. The third-order valence-electron chi connectivity index (χ3n) is 5.72. The molecule has 0 bridgehead atoms. The Hall–Kier alpha value is -1.04. The highest BCUT2D eigenvalue weighted by Gasteiger charge is 2.74. The van der Waals surface area contributed by atoms with Crippen molar-refractivity contribution in [2.24, 2.45) is 0 Å². The minimum atomic E-state index is -1.81. The number of rotatable bonds is 4. The number of cyclic esters (lactones) is 1. The van der Waals surface area contributed by atoms with E-state index in [1.165, 1.54) is 0 Å². The third-order valence-corrected chi connectivity index (χ3v) is 6.54. The number of amides is 1. The smallest absolute Gasteiger partial charge is 0.411 e. The lowest BCUT2D eigenvalue weighted by atomic mass is 9.68. The van der Waals surface area contributed by atoms with Crippen LogP contribution in [-0.4, -0.2) is 41.2 Å². The number of methoxy groups -OCH3 is 2. The predicted molar refractivity (Wildman–Crippen MR) is 102 cm³/mol. The predicted octanol–water partition coefficient (Wildman–Crippen LogP) is 4.84. The summed E-state index contributed by atoms with van der Waals surface area (Å²) in [5.74, 6) is 1.12. The number of carbonyl (C=O) groups is 1. The molecule has 2 heterocycles. The van der Waals surface area contributed by atoms with Gasteiger partial charge in [-0.1, -0.05) is 48.7 Å². The molecule has 0 aliphatic carbocycles. The van der Waals surface area contributed by atoms with Gasteiger partial charge in [0.2, 0.25) is 3.79 Å². The molecule has 0 saturated carbocycles. The molecule has 1 atom stereocenters.